The van der Waals surface area contributed by atoms with E-state index >= 15 is 0 Å². The summed E-state index contributed by atoms with van der Waals surface area (Å²) in [5.41, 5.74) is 1.02. The molecule has 1 aromatic carbocycles. The van der Waals surface area contributed by atoms with Gasteiger partial charge in [0.05, 0.1) is 4.88 Å². The average Bonchev–Trinajstić information content (AvgIpc) is 3.17. The number of nitrogens with one attached hydrogen (secondary N) is 2. The fourth-order valence-corrected chi connectivity index (χ4v) is 3.01. The van der Waals surface area contributed by atoms with Gasteiger partial charge in [0.25, 0.3) is 5.91 Å². The third kappa shape index (κ3) is 8.25. The van der Waals surface area contributed by atoms with Crippen molar-refractivity contribution >= 4 is 47.2 Å². The molecule has 0 aliphatic rings. The topological polar surface area (TPSA) is 56.7 Å². The van der Waals surface area contributed by atoms with E-state index in [1.54, 1.807) is 12.1 Å². The van der Waals surface area contributed by atoms with Crippen molar-refractivity contribution < 1.29 is 9.18 Å². The first-order valence-corrected chi connectivity index (χ1v) is 9.53. The number of rotatable bonds is 8. The Kier molecular flexibility index (Phi) is 11.0. The van der Waals surface area contributed by atoms with Crippen LogP contribution in [-0.2, 0) is 6.54 Å². The van der Waals surface area contributed by atoms with Crippen molar-refractivity contribution in [2.75, 3.05) is 26.7 Å². The number of hydrogen-bond donors (Lipinski definition) is 2. The second-order valence-corrected chi connectivity index (χ2v) is 6.75. The van der Waals surface area contributed by atoms with Crippen LogP contribution < -0.4 is 10.6 Å². The molecular weight excluding hydrogens is 478 g/mol. The van der Waals surface area contributed by atoms with E-state index in [0.717, 1.165) is 29.4 Å². The van der Waals surface area contributed by atoms with Gasteiger partial charge in [-0.3, -0.25) is 9.79 Å². The number of benzene rings is 1. The quantitative estimate of drug-likeness (QED) is 0.250. The molecule has 2 rings (SSSR count). The number of thiophene rings is 1. The summed E-state index contributed by atoms with van der Waals surface area (Å²) in [5.74, 6) is 0.521. The van der Waals surface area contributed by atoms with Gasteiger partial charge in [-0.05, 0) is 42.5 Å². The van der Waals surface area contributed by atoms with E-state index in [1.807, 2.05) is 36.4 Å². The maximum atomic E-state index is 13.0. The van der Waals surface area contributed by atoms with Crippen LogP contribution in [0.15, 0.2) is 46.8 Å². The zero-order valence-electron chi connectivity index (χ0n) is 15.6. The standard InChI is InChI=1S/C19H25FN4OS.HI/c1-3-21-19(24(2)14-15-7-9-16(20)10-8-15)23-12-5-11-22-18(25)17-6-4-13-26-17;/h4,6-10,13H,3,5,11-12,14H2,1-2H3,(H,21,23)(H,22,25);1H. The summed E-state index contributed by atoms with van der Waals surface area (Å²) < 4.78 is 13.0. The van der Waals surface area contributed by atoms with Crippen molar-refractivity contribution in [3.63, 3.8) is 0 Å². The molecule has 0 aliphatic carbocycles. The summed E-state index contributed by atoms with van der Waals surface area (Å²) in [6, 6.07) is 10.1. The predicted molar refractivity (Wildman–Crippen MR) is 121 cm³/mol. The number of guanidine groups is 1. The van der Waals surface area contributed by atoms with Gasteiger partial charge in [-0.15, -0.1) is 35.3 Å². The van der Waals surface area contributed by atoms with Crippen LogP contribution in [0.4, 0.5) is 4.39 Å². The van der Waals surface area contributed by atoms with Gasteiger partial charge in [0.2, 0.25) is 0 Å². The highest BCUT2D eigenvalue weighted by Gasteiger charge is 2.07. The van der Waals surface area contributed by atoms with E-state index < -0.39 is 0 Å². The van der Waals surface area contributed by atoms with Crippen LogP contribution in [0.5, 0.6) is 0 Å². The summed E-state index contributed by atoms with van der Waals surface area (Å²) in [5, 5.41) is 8.04. The summed E-state index contributed by atoms with van der Waals surface area (Å²) in [7, 11) is 1.95. The van der Waals surface area contributed by atoms with Crippen molar-refractivity contribution in [2.24, 2.45) is 4.99 Å². The van der Waals surface area contributed by atoms with E-state index in [9.17, 15) is 9.18 Å². The van der Waals surface area contributed by atoms with Gasteiger partial charge < -0.3 is 15.5 Å². The minimum atomic E-state index is -0.235. The lowest BCUT2D eigenvalue weighted by molar-refractivity contribution is 0.0957. The maximum absolute atomic E-state index is 13.0. The van der Waals surface area contributed by atoms with Crippen LogP contribution in [-0.4, -0.2) is 43.4 Å². The number of carbonyl (C=O) groups excluding carboxylic acids is 1. The fourth-order valence-electron chi connectivity index (χ4n) is 2.37. The first-order chi connectivity index (χ1) is 12.6. The van der Waals surface area contributed by atoms with Gasteiger partial charge in [0, 0.05) is 33.2 Å². The lowest BCUT2D eigenvalue weighted by Gasteiger charge is -2.22. The lowest BCUT2D eigenvalue weighted by atomic mass is 10.2. The second kappa shape index (κ2) is 12.7. The van der Waals surface area contributed by atoms with Gasteiger partial charge in [-0.25, -0.2) is 4.39 Å². The number of amides is 1. The molecule has 0 bridgehead atoms. The van der Waals surface area contributed by atoms with E-state index in [1.165, 1.54) is 23.5 Å². The summed E-state index contributed by atoms with van der Waals surface area (Å²) in [4.78, 5) is 19.2. The average molecular weight is 504 g/mol. The maximum Gasteiger partial charge on any atom is 0.261 e. The number of hydrogen-bond acceptors (Lipinski definition) is 3. The minimum absolute atomic E-state index is 0. The van der Waals surface area contributed by atoms with E-state index in [0.29, 0.717) is 19.6 Å². The van der Waals surface area contributed by atoms with Crippen LogP contribution in [0.25, 0.3) is 0 Å². The lowest BCUT2D eigenvalue weighted by Crippen LogP contribution is -2.38. The molecule has 0 saturated heterocycles. The van der Waals surface area contributed by atoms with Crippen LogP contribution in [0.3, 0.4) is 0 Å². The zero-order valence-corrected chi connectivity index (χ0v) is 18.7. The van der Waals surface area contributed by atoms with Gasteiger partial charge >= 0.3 is 0 Å². The SMILES string of the molecule is CCNC(=NCCCNC(=O)c1cccs1)N(C)Cc1ccc(F)cc1.I. The Morgan fingerprint density at radius 2 is 1.96 bits per heavy atom. The molecule has 0 unspecified atom stereocenters. The number of carbonyl (C=O) groups is 1. The molecule has 5 nitrogen and oxygen atoms in total. The third-order valence-electron chi connectivity index (χ3n) is 3.66. The highest BCUT2D eigenvalue weighted by Crippen LogP contribution is 2.08. The van der Waals surface area contributed by atoms with Crippen molar-refractivity contribution in [1.29, 1.82) is 0 Å². The van der Waals surface area contributed by atoms with Crippen molar-refractivity contribution in [3.05, 3.63) is 58.0 Å². The van der Waals surface area contributed by atoms with Crippen LogP contribution in [0, 0.1) is 5.82 Å². The Hall–Kier alpha value is -1.68. The fraction of sp³-hybridized carbons (Fsp3) is 0.368. The Bertz CT molecular complexity index is 707. The molecule has 148 valence electrons. The van der Waals surface area contributed by atoms with Crippen molar-refractivity contribution in [2.45, 2.75) is 19.9 Å². The molecule has 1 amide bonds. The molecule has 2 aromatic rings. The smallest absolute Gasteiger partial charge is 0.261 e. The summed E-state index contributed by atoms with van der Waals surface area (Å²) in [6.07, 6.45) is 0.760. The molecule has 8 heteroatoms. The first kappa shape index (κ1) is 23.4. The third-order valence-corrected chi connectivity index (χ3v) is 4.53. The molecule has 0 atom stereocenters. The van der Waals surface area contributed by atoms with E-state index in [4.69, 9.17) is 0 Å². The monoisotopic (exact) mass is 504 g/mol. The molecule has 0 radical (unpaired) electrons. The van der Waals surface area contributed by atoms with Gasteiger partial charge in [0.1, 0.15) is 5.82 Å². The van der Waals surface area contributed by atoms with Gasteiger partial charge in [0.15, 0.2) is 5.96 Å². The molecule has 1 heterocycles. The normalized spacial score (nSPS) is 10.9. The molecule has 2 N–H and O–H groups in total. The highest BCUT2D eigenvalue weighted by molar-refractivity contribution is 14.0. The highest BCUT2D eigenvalue weighted by atomic mass is 127. The second-order valence-electron chi connectivity index (χ2n) is 5.80. The van der Waals surface area contributed by atoms with Crippen LogP contribution in [0.1, 0.15) is 28.6 Å². The van der Waals surface area contributed by atoms with Crippen molar-refractivity contribution in [3.8, 4) is 0 Å². The van der Waals surface area contributed by atoms with Crippen LogP contribution in [0.2, 0.25) is 0 Å². The van der Waals surface area contributed by atoms with E-state index in [2.05, 4.69) is 15.6 Å². The predicted octanol–water partition coefficient (Wildman–Crippen LogP) is 3.72. The molecular formula is C19H26FIN4OS. The Morgan fingerprint density at radius 1 is 1.22 bits per heavy atom. The molecule has 1 aromatic heterocycles. The van der Waals surface area contributed by atoms with E-state index in [-0.39, 0.29) is 35.7 Å². The summed E-state index contributed by atoms with van der Waals surface area (Å²) >= 11 is 1.43. The van der Waals surface area contributed by atoms with Crippen molar-refractivity contribution in [1.82, 2.24) is 15.5 Å². The Labute approximate surface area is 181 Å². The summed E-state index contributed by atoms with van der Waals surface area (Å²) in [6.45, 7) is 4.62. The molecule has 0 spiro atoms. The van der Waals surface area contributed by atoms with Crippen LogP contribution >= 0.6 is 35.3 Å². The van der Waals surface area contributed by atoms with Gasteiger partial charge in [-0.2, -0.15) is 0 Å². The van der Waals surface area contributed by atoms with Gasteiger partial charge in [-0.1, -0.05) is 18.2 Å². The largest absolute Gasteiger partial charge is 0.357 e. The minimum Gasteiger partial charge on any atom is -0.357 e. The number of aliphatic imine (C=N–C) groups is 1. The molecule has 0 fully saturated rings. The first-order valence-electron chi connectivity index (χ1n) is 8.65. The number of nitrogens with zero attached hydrogens (tertiary/aromatic N) is 2. The molecule has 0 aliphatic heterocycles. The zero-order chi connectivity index (χ0) is 18.8. The number of halogens is 2. The molecule has 27 heavy (non-hydrogen) atoms. The Balaban J connectivity index is 0.00000364. The Morgan fingerprint density at radius 3 is 2.59 bits per heavy atom. The molecule has 0 saturated carbocycles.